The van der Waals surface area contributed by atoms with E-state index in [0.717, 1.165) is 28.9 Å². The number of hydrogen-bond acceptors (Lipinski definition) is 4. The normalized spacial score (nSPS) is 11.6. The summed E-state index contributed by atoms with van der Waals surface area (Å²) in [6.45, 7) is 2.21. The van der Waals surface area contributed by atoms with Gasteiger partial charge >= 0.3 is 5.97 Å². The molecule has 0 saturated heterocycles. The van der Waals surface area contributed by atoms with Crippen molar-refractivity contribution in [3.05, 3.63) is 120 Å². The van der Waals surface area contributed by atoms with Gasteiger partial charge in [-0.3, -0.25) is 4.79 Å². The summed E-state index contributed by atoms with van der Waals surface area (Å²) in [7, 11) is 0. The molecule has 1 amide bonds. The van der Waals surface area contributed by atoms with Crippen molar-refractivity contribution in [3.63, 3.8) is 0 Å². The van der Waals surface area contributed by atoms with Crippen LogP contribution in [0.1, 0.15) is 40.5 Å². The third kappa shape index (κ3) is 6.23. The number of nitrogens with zero attached hydrogens (tertiary/aromatic N) is 2. The van der Waals surface area contributed by atoms with E-state index in [1.54, 1.807) is 10.9 Å². The maximum absolute atomic E-state index is 13.4. The van der Waals surface area contributed by atoms with Gasteiger partial charge in [0.1, 0.15) is 12.6 Å². The average molecular weight is 468 g/mol. The number of carbonyl (C=O) groups excluding carboxylic acids is 2. The number of ether oxygens (including phenoxy) is 1. The second-order valence-corrected chi connectivity index (χ2v) is 8.31. The van der Waals surface area contributed by atoms with E-state index in [9.17, 15) is 9.59 Å². The predicted octanol–water partition coefficient (Wildman–Crippen LogP) is 4.91. The van der Waals surface area contributed by atoms with Gasteiger partial charge in [-0.15, -0.1) is 0 Å². The molecule has 1 unspecified atom stereocenters. The number of amides is 1. The van der Waals surface area contributed by atoms with Crippen LogP contribution in [0.3, 0.4) is 0 Å². The molecular formula is C29H29N3O3. The van der Waals surface area contributed by atoms with Gasteiger partial charge in [0.2, 0.25) is 0 Å². The van der Waals surface area contributed by atoms with E-state index in [-0.39, 0.29) is 12.5 Å². The Morgan fingerprint density at radius 2 is 1.49 bits per heavy atom. The summed E-state index contributed by atoms with van der Waals surface area (Å²) in [5, 5.41) is 7.39. The van der Waals surface area contributed by atoms with Crippen LogP contribution in [0.2, 0.25) is 0 Å². The SMILES string of the molecule is CCCc1c(C(=O)NC(Cc2ccccc2)C(=O)OCc2ccccc2)cnn1-c1ccccc1. The third-order valence-corrected chi connectivity index (χ3v) is 5.70. The highest BCUT2D eigenvalue weighted by Gasteiger charge is 2.26. The lowest BCUT2D eigenvalue weighted by Gasteiger charge is -2.18. The second-order valence-electron chi connectivity index (χ2n) is 8.31. The molecular weight excluding hydrogens is 438 g/mol. The molecule has 1 aromatic heterocycles. The molecule has 0 bridgehead atoms. The van der Waals surface area contributed by atoms with E-state index in [2.05, 4.69) is 17.3 Å². The lowest BCUT2D eigenvalue weighted by atomic mass is 10.0. The largest absolute Gasteiger partial charge is 0.459 e. The molecule has 0 fully saturated rings. The molecule has 0 aliphatic carbocycles. The van der Waals surface area contributed by atoms with Crippen LogP contribution < -0.4 is 5.32 Å². The van der Waals surface area contributed by atoms with Crippen molar-refractivity contribution in [3.8, 4) is 5.69 Å². The molecule has 178 valence electrons. The highest BCUT2D eigenvalue weighted by molar-refractivity contribution is 5.97. The lowest BCUT2D eigenvalue weighted by molar-refractivity contribution is -0.147. The average Bonchev–Trinajstić information content (AvgIpc) is 3.32. The Balaban J connectivity index is 1.55. The van der Waals surface area contributed by atoms with Crippen LogP contribution in [-0.2, 0) is 29.0 Å². The smallest absolute Gasteiger partial charge is 0.329 e. The van der Waals surface area contributed by atoms with Gasteiger partial charge in [-0.1, -0.05) is 92.2 Å². The maximum atomic E-state index is 13.4. The van der Waals surface area contributed by atoms with Gasteiger partial charge in [0, 0.05) is 6.42 Å². The van der Waals surface area contributed by atoms with E-state index in [4.69, 9.17) is 4.74 Å². The maximum Gasteiger partial charge on any atom is 0.329 e. The summed E-state index contributed by atoms with van der Waals surface area (Å²) in [5.74, 6) is -0.813. The molecule has 6 nitrogen and oxygen atoms in total. The first kappa shape index (κ1) is 24.0. The Labute approximate surface area is 205 Å². The van der Waals surface area contributed by atoms with Crippen LogP contribution in [0.4, 0.5) is 0 Å². The molecule has 0 aliphatic rings. The van der Waals surface area contributed by atoms with Gasteiger partial charge in [0.25, 0.3) is 5.91 Å². The van der Waals surface area contributed by atoms with Crippen LogP contribution in [-0.4, -0.2) is 27.7 Å². The van der Waals surface area contributed by atoms with Gasteiger partial charge in [-0.05, 0) is 29.7 Å². The molecule has 1 heterocycles. The first-order valence-electron chi connectivity index (χ1n) is 11.8. The number of nitrogens with one attached hydrogen (secondary N) is 1. The van der Waals surface area contributed by atoms with Gasteiger partial charge in [0.05, 0.1) is 23.1 Å². The fourth-order valence-corrected chi connectivity index (χ4v) is 3.94. The van der Waals surface area contributed by atoms with Crippen molar-refractivity contribution < 1.29 is 14.3 Å². The molecule has 4 rings (SSSR count). The zero-order valence-electron chi connectivity index (χ0n) is 19.8. The number of para-hydroxylation sites is 1. The number of rotatable bonds is 10. The van der Waals surface area contributed by atoms with Crippen LogP contribution in [0, 0.1) is 0 Å². The standard InChI is InChI=1S/C29H29N3O3/c1-2-12-27-25(20-30-32(27)24-17-10-5-11-18-24)28(33)31-26(19-22-13-6-3-7-14-22)29(34)35-21-23-15-8-4-9-16-23/h3-11,13-18,20,26H,2,12,19,21H2,1H3,(H,31,33). The van der Waals surface area contributed by atoms with E-state index in [1.807, 2.05) is 91.0 Å². The summed E-state index contributed by atoms with van der Waals surface area (Å²) in [4.78, 5) is 26.5. The zero-order chi connectivity index (χ0) is 24.5. The van der Waals surface area contributed by atoms with Crippen LogP contribution in [0.15, 0.2) is 97.2 Å². The summed E-state index contributed by atoms with van der Waals surface area (Å²) < 4.78 is 7.37. The summed E-state index contributed by atoms with van der Waals surface area (Å²) >= 11 is 0. The van der Waals surface area contributed by atoms with E-state index in [1.165, 1.54) is 0 Å². The first-order valence-corrected chi connectivity index (χ1v) is 11.8. The van der Waals surface area contributed by atoms with E-state index >= 15 is 0 Å². The molecule has 1 N–H and O–H groups in total. The molecule has 4 aromatic rings. The monoisotopic (exact) mass is 467 g/mol. The summed E-state index contributed by atoms with van der Waals surface area (Å²) in [6.07, 6.45) is 3.43. The lowest BCUT2D eigenvalue weighted by Crippen LogP contribution is -2.43. The summed E-state index contributed by atoms with van der Waals surface area (Å²) in [5.41, 5.74) is 3.98. The van der Waals surface area contributed by atoms with Crippen molar-refractivity contribution in [1.82, 2.24) is 15.1 Å². The second kappa shape index (κ2) is 11.8. The van der Waals surface area contributed by atoms with Crippen molar-refractivity contribution in [2.75, 3.05) is 0 Å². The van der Waals surface area contributed by atoms with Gasteiger partial charge in [-0.25, -0.2) is 9.48 Å². The van der Waals surface area contributed by atoms with Crippen molar-refractivity contribution in [2.45, 2.75) is 38.8 Å². The zero-order valence-corrected chi connectivity index (χ0v) is 19.8. The third-order valence-electron chi connectivity index (χ3n) is 5.70. The first-order chi connectivity index (χ1) is 17.2. The Kier molecular flexibility index (Phi) is 8.07. The molecule has 0 saturated carbocycles. The van der Waals surface area contributed by atoms with Crippen molar-refractivity contribution in [2.24, 2.45) is 0 Å². The van der Waals surface area contributed by atoms with Gasteiger partial charge in [-0.2, -0.15) is 5.10 Å². The predicted molar refractivity (Wildman–Crippen MR) is 135 cm³/mol. The van der Waals surface area contributed by atoms with Gasteiger partial charge < -0.3 is 10.1 Å². The van der Waals surface area contributed by atoms with Gasteiger partial charge in [0.15, 0.2) is 0 Å². The minimum atomic E-state index is -0.830. The Morgan fingerprint density at radius 3 is 2.11 bits per heavy atom. The Hall–Kier alpha value is -4.19. The molecule has 6 heteroatoms. The number of aromatic nitrogens is 2. The molecule has 0 spiro atoms. The summed E-state index contributed by atoms with van der Waals surface area (Å²) in [6, 6.07) is 28.0. The number of benzene rings is 3. The number of esters is 1. The quantitative estimate of drug-likeness (QED) is 0.337. The number of hydrogen-bond donors (Lipinski definition) is 1. The fraction of sp³-hybridized carbons (Fsp3) is 0.207. The van der Waals surface area contributed by atoms with Crippen LogP contribution in [0.25, 0.3) is 5.69 Å². The van der Waals surface area contributed by atoms with Crippen LogP contribution >= 0.6 is 0 Å². The Morgan fingerprint density at radius 1 is 0.886 bits per heavy atom. The van der Waals surface area contributed by atoms with E-state index in [0.29, 0.717) is 18.4 Å². The molecule has 0 radical (unpaired) electrons. The number of carbonyl (C=O) groups is 2. The minimum Gasteiger partial charge on any atom is -0.459 e. The van der Waals surface area contributed by atoms with Crippen molar-refractivity contribution in [1.29, 1.82) is 0 Å². The highest BCUT2D eigenvalue weighted by Crippen LogP contribution is 2.18. The topological polar surface area (TPSA) is 73.2 Å². The highest BCUT2D eigenvalue weighted by atomic mass is 16.5. The van der Waals surface area contributed by atoms with Crippen molar-refractivity contribution >= 4 is 11.9 Å². The fourth-order valence-electron chi connectivity index (χ4n) is 3.94. The molecule has 3 aromatic carbocycles. The van der Waals surface area contributed by atoms with Crippen LogP contribution in [0.5, 0.6) is 0 Å². The minimum absolute atomic E-state index is 0.147. The molecule has 1 atom stereocenters. The molecule has 35 heavy (non-hydrogen) atoms. The molecule has 0 aliphatic heterocycles. The Bertz CT molecular complexity index is 1240. The van der Waals surface area contributed by atoms with E-state index < -0.39 is 12.0 Å².